The van der Waals surface area contributed by atoms with Crippen molar-refractivity contribution in [3.8, 4) is 23.0 Å². The van der Waals surface area contributed by atoms with Gasteiger partial charge in [-0.25, -0.2) is 19.9 Å². The smallest absolute Gasteiger partial charge is 0.384 e. The highest BCUT2D eigenvalue weighted by molar-refractivity contribution is 6.30. The molecule has 1 saturated carbocycles. The number of anilines is 1. The minimum absolute atomic E-state index is 0.0205. The van der Waals surface area contributed by atoms with Gasteiger partial charge in [-0.1, -0.05) is 43.5 Å². The van der Waals surface area contributed by atoms with Crippen LogP contribution >= 0.6 is 11.6 Å². The third-order valence-corrected chi connectivity index (χ3v) is 8.96. The Morgan fingerprint density at radius 2 is 1.95 bits per heavy atom. The summed E-state index contributed by atoms with van der Waals surface area (Å²) >= 11 is 6.44. The highest BCUT2D eigenvalue weighted by Gasteiger charge is 2.40. The Bertz CT molecular complexity index is 1570. The molecule has 6 rings (SSSR count). The summed E-state index contributed by atoms with van der Waals surface area (Å²) in [6.07, 6.45) is 6.89. The Morgan fingerprint density at radius 1 is 1.15 bits per heavy atom. The van der Waals surface area contributed by atoms with Gasteiger partial charge in [-0.05, 0) is 63.5 Å². The summed E-state index contributed by atoms with van der Waals surface area (Å²) in [4.78, 5) is 29.0. The van der Waals surface area contributed by atoms with E-state index in [1.165, 1.54) is 25.7 Å². The molecule has 3 aromatic heterocycles. The predicted octanol–water partition coefficient (Wildman–Crippen LogP) is 5.71. The zero-order chi connectivity index (χ0) is 28.0. The molecule has 1 aliphatic heterocycles. The first kappa shape index (κ1) is 27.0. The van der Waals surface area contributed by atoms with Crippen LogP contribution in [0.2, 0.25) is 5.02 Å². The molecule has 1 aromatic carbocycles. The number of nitrogens with one attached hydrogen (secondary N) is 1. The lowest BCUT2D eigenvalue weighted by Gasteiger charge is -2.37. The summed E-state index contributed by atoms with van der Waals surface area (Å²) in [6, 6.07) is 7.77. The summed E-state index contributed by atoms with van der Waals surface area (Å²) in [5, 5.41) is 6.90. The number of H-pyrrole nitrogens is 1. The molecular weight excluding hydrogens is 530 g/mol. The number of methoxy groups -OCH3 is 1. The number of halogens is 1. The molecule has 1 aliphatic carbocycles. The number of nitrogens with zero attached hydrogens (tertiary/aromatic N) is 6. The molecule has 0 bridgehead atoms. The van der Waals surface area contributed by atoms with Crippen molar-refractivity contribution in [1.82, 2.24) is 29.7 Å². The number of fused-ring (bicyclic) bond motifs is 1. The van der Waals surface area contributed by atoms with Crippen molar-refractivity contribution in [2.24, 2.45) is 11.8 Å². The summed E-state index contributed by atoms with van der Waals surface area (Å²) in [7, 11) is 1.77. The summed E-state index contributed by atoms with van der Waals surface area (Å²) in [5.41, 5.74) is 2.53. The monoisotopic (exact) mass is 565 g/mol. The summed E-state index contributed by atoms with van der Waals surface area (Å²) < 4.78 is 13.5. The fraction of sp³-hybridized carbons (Fsp3) is 0.552. The molecule has 10 nitrogen and oxygen atoms in total. The van der Waals surface area contributed by atoms with Gasteiger partial charge in [0.25, 0.3) is 5.89 Å². The van der Waals surface area contributed by atoms with Crippen LogP contribution in [-0.2, 0) is 11.3 Å². The van der Waals surface area contributed by atoms with E-state index in [1.54, 1.807) is 7.11 Å². The normalized spacial score (nSPS) is 21.9. The van der Waals surface area contributed by atoms with Crippen LogP contribution in [0.4, 0.5) is 5.95 Å². The minimum Gasteiger partial charge on any atom is -0.384 e. The molecule has 2 fully saturated rings. The fourth-order valence-corrected chi connectivity index (χ4v) is 6.50. The van der Waals surface area contributed by atoms with Gasteiger partial charge in [-0.3, -0.25) is 0 Å². The van der Waals surface area contributed by atoms with Gasteiger partial charge in [0.1, 0.15) is 11.2 Å². The minimum atomic E-state index is -0.664. The third kappa shape index (κ3) is 5.03. The van der Waals surface area contributed by atoms with E-state index >= 15 is 0 Å². The summed E-state index contributed by atoms with van der Waals surface area (Å²) in [5.74, 6) is 1.71. The van der Waals surface area contributed by atoms with E-state index in [9.17, 15) is 4.79 Å². The lowest BCUT2D eigenvalue weighted by atomic mass is 9.83. The van der Waals surface area contributed by atoms with Gasteiger partial charge in [0, 0.05) is 30.8 Å². The second-order valence-corrected chi connectivity index (χ2v) is 12.2. The Morgan fingerprint density at radius 3 is 2.65 bits per heavy atom. The molecular formula is C29H36ClN7O3. The van der Waals surface area contributed by atoms with Crippen molar-refractivity contribution in [3.05, 3.63) is 39.8 Å². The second-order valence-electron chi connectivity index (χ2n) is 11.8. The molecule has 4 heterocycles. The Hall–Kier alpha value is -3.24. The maximum atomic E-state index is 11.8. The van der Waals surface area contributed by atoms with E-state index in [0.29, 0.717) is 22.3 Å². The van der Waals surface area contributed by atoms with Gasteiger partial charge >= 0.3 is 5.76 Å². The van der Waals surface area contributed by atoms with Crippen molar-refractivity contribution >= 4 is 28.7 Å². The van der Waals surface area contributed by atoms with Gasteiger partial charge in [-0.2, -0.15) is 4.98 Å². The van der Waals surface area contributed by atoms with Crippen molar-refractivity contribution < 1.29 is 9.15 Å². The quantitative estimate of drug-likeness (QED) is 0.303. The predicted molar refractivity (Wildman–Crippen MR) is 154 cm³/mol. The first-order valence-electron chi connectivity index (χ1n) is 14.2. The van der Waals surface area contributed by atoms with E-state index in [2.05, 4.69) is 40.4 Å². The molecule has 40 heavy (non-hydrogen) atoms. The maximum Gasteiger partial charge on any atom is 0.434 e. The third-order valence-electron chi connectivity index (χ3n) is 8.72. The van der Waals surface area contributed by atoms with E-state index in [-0.39, 0.29) is 23.4 Å². The first-order valence-corrected chi connectivity index (χ1v) is 14.5. The molecule has 11 heteroatoms. The van der Waals surface area contributed by atoms with E-state index < -0.39 is 5.76 Å². The lowest BCUT2D eigenvalue weighted by molar-refractivity contribution is 0.00151. The van der Waals surface area contributed by atoms with Crippen molar-refractivity contribution in [1.29, 1.82) is 0 Å². The number of rotatable bonds is 7. The zero-order valence-corrected chi connectivity index (χ0v) is 24.2. The van der Waals surface area contributed by atoms with Crippen molar-refractivity contribution in [3.63, 3.8) is 0 Å². The number of benzene rings is 1. The largest absolute Gasteiger partial charge is 0.434 e. The van der Waals surface area contributed by atoms with Crippen molar-refractivity contribution in [2.45, 2.75) is 77.5 Å². The number of hydrogen-bond donors (Lipinski definition) is 1. The molecule has 1 atom stereocenters. The van der Waals surface area contributed by atoms with Gasteiger partial charge < -0.3 is 18.6 Å². The number of imidazole rings is 1. The molecule has 1 unspecified atom stereocenters. The highest BCUT2D eigenvalue weighted by Crippen LogP contribution is 2.39. The van der Waals surface area contributed by atoms with Crippen LogP contribution in [0.1, 0.15) is 59.3 Å². The van der Waals surface area contributed by atoms with Gasteiger partial charge in [0.2, 0.25) is 11.8 Å². The molecule has 4 aromatic rings. The standard InChI is InChI=1S/C29H36ClN7O3/c1-17-10-12-18(13-11-17)16-37-23-22(19-7-5-8-20(30)15-19)31-25(26-34-35-28(38)40-26)32-24(23)33-27(37)36-14-6-9-21(36)29(2,3)39-4/h5,7-8,15,17-18,21H,6,9-14,16H2,1-4H3,(H,35,38). The average Bonchev–Trinajstić information content (AvgIpc) is 3.68. The Balaban J connectivity index is 1.58. The number of aromatic amines is 1. The molecule has 1 N–H and O–H groups in total. The maximum absolute atomic E-state index is 11.8. The molecule has 0 amide bonds. The van der Waals surface area contributed by atoms with E-state index in [4.69, 9.17) is 35.7 Å². The number of hydrogen-bond acceptors (Lipinski definition) is 8. The van der Waals surface area contributed by atoms with Crippen LogP contribution in [0.5, 0.6) is 0 Å². The first-order chi connectivity index (χ1) is 19.2. The highest BCUT2D eigenvalue weighted by atomic mass is 35.5. The van der Waals surface area contributed by atoms with Crippen LogP contribution in [0.15, 0.2) is 33.5 Å². The zero-order valence-electron chi connectivity index (χ0n) is 23.5. The fourth-order valence-electron chi connectivity index (χ4n) is 6.31. The number of ether oxygens (including phenoxy) is 1. The Labute approximate surface area is 238 Å². The van der Waals surface area contributed by atoms with E-state index in [0.717, 1.165) is 48.9 Å². The topological polar surface area (TPSA) is 115 Å². The van der Waals surface area contributed by atoms with Crippen LogP contribution in [0, 0.1) is 11.8 Å². The van der Waals surface area contributed by atoms with Gasteiger partial charge in [-0.15, -0.1) is 5.10 Å². The van der Waals surface area contributed by atoms with Crippen LogP contribution in [-0.4, -0.2) is 55.0 Å². The molecule has 0 radical (unpaired) electrons. The molecule has 0 spiro atoms. The Kier molecular flexibility index (Phi) is 7.16. The van der Waals surface area contributed by atoms with Crippen LogP contribution in [0.25, 0.3) is 34.1 Å². The summed E-state index contributed by atoms with van der Waals surface area (Å²) in [6.45, 7) is 8.32. The number of aromatic nitrogens is 6. The molecule has 1 saturated heterocycles. The van der Waals surface area contributed by atoms with Crippen LogP contribution in [0.3, 0.4) is 0 Å². The van der Waals surface area contributed by atoms with Crippen molar-refractivity contribution in [2.75, 3.05) is 18.6 Å². The van der Waals surface area contributed by atoms with Crippen LogP contribution < -0.4 is 10.7 Å². The van der Waals surface area contributed by atoms with Gasteiger partial charge in [0.15, 0.2) is 5.65 Å². The second kappa shape index (κ2) is 10.6. The average molecular weight is 566 g/mol. The molecule has 212 valence electrons. The van der Waals surface area contributed by atoms with Gasteiger partial charge in [0.05, 0.1) is 11.6 Å². The molecule has 2 aliphatic rings. The lowest BCUT2D eigenvalue weighted by Crippen LogP contribution is -2.48. The van der Waals surface area contributed by atoms with E-state index in [1.807, 2.05) is 24.3 Å². The SMILES string of the molecule is COC(C)(C)C1CCCN1c1nc2nc(-c3n[nH]c(=O)o3)nc(-c3cccc(Cl)c3)c2n1CC1CCC(C)CC1.